The molecule has 5 heteroatoms. The average molecular weight is 347 g/mol. The second-order valence-corrected chi connectivity index (χ2v) is 7.36. The zero-order valence-corrected chi connectivity index (χ0v) is 14.5. The lowest BCUT2D eigenvalue weighted by atomic mass is 9.88. The minimum absolute atomic E-state index is 0.169. The summed E-state index contributed by atoms with van der Waals surface area (Å²) in [7, 11) is 0. The van der Waals surface area contributed by atoms with E-state index in [9.17, 15) is 4.79 Å². The lowest BCUT2D eigenvalue weighted by Gasteiger charge is -2.35. The molecule has 1 aromatic carbocycles. The Morgan fingerprint density at radius 1 is 1.17 bits per heavy atom. The van der Waals surface area contributed by atoms with Crippen LogP contribution in [0.15, 0.2) is 24.4 Å². The summed E-state index contributed by atoms with van der Waals surface area (Å²) < 4.78 is 5.37. The lowest BCUT2D eigenvalue weighted by molar-refractivity contribution is -0.139. The SMILES string of the molecule is O=C(C1CCOCC1)N1CCC(c2c[nH]c3ccc(Cl)cc23)CC1. The van der Waals surface area contributed by atoms with Gasteiger partial charge < -0.3 is 14.6 Å². The number of fused-ring (bicyclic) bond motifs is 1. The number of nitrogens with zero attached hydrogens (tertiary/aromatic N) is 1. The van der Waals surface area contributed by atoms with Crippen molar-refractivity contribution in [3.63, 3.8) is 0 Å². The van der Waals surface area contributed by atoms with Crippen LogP contribution >= 0.6 is 11.6 Å². The number of H-pyrrole nitrogens is 1. The number of hydrogen-bond donors (Lipinski definition) is 1. The smallest absolute Gasteiger partial charge is 0.225 e. The fourth-order valence-corrected chi connectivity index (χ4v) is 4.24. The number of hydrogen-bond acceptors (Lipinski definition) is 2. The van der Waals surface area contributed by atoms with Gasteiger partial charge >= 0.3 is 0 Å². The van der Waals surface area contributed by atoms with Crippen LogP contribution in [0, 0.1) is 5.92 Å². The van der Waals surface area contributed by atoms with Crippen molar-refractivity contribution in [3.05, 3.63) is 35.0 Å². The number of piperidine rings is 1. The number of aromatic amines is 1. The predicted molar refractivity (Wildman–Crippen MR) is 95.4 cm³/mol. The Hall–Kier alpha value is -1.52. The van der Waals surface area contributed by atoms with Gasteiger partial charge in [0.2, 0.25) is 5.91 Å². The first-order chi connectivity index (χ1) is 11.7. The molecule has 24 heavy (non-hydrogen) atoms. The van der Waals surface area contributed by atoms with Crippen molar-refractivity contribution in [3.8, 4) is 0 Å². The summed E-state index contributed by atoms with van der Waals surface area (Å²) >= 11 is 6.16. The Balaban J connectivity index is 1.43. The van der Waals surface area contributed by atoms with Gasteiger partial charge in [0.05, 0.1) is 0 Å². The molecular weight excluding hydrogens is 324 g/mol. The van der Waals surface area contributed by atoms with Crippen molar-refractivity contribution >= 4 is 28.4 Å². The Morgan fingerprint density at radius 2 is 1.92 bits per heavy atom. The Morgan fingerprint density at radius 3 is 2.67 bits per heavy atom. The molecule has 0 atom stereocenters. The first-order valence-corrected chi connectivity index (χ1v) is 9.23. The molecule has 1 amide bonds. The van der Waals surface area contributed by atoms with E-state index in [-0.39, 0.29) is 5.92 Å². The molecular formula is C19H23ClN2O2. The van der Waals surface area contributed by atoms with Crippen molar-refractivity contribution in [2.75, 3.05) is 26.3 Å². The molecule has 128 valence electrons. The minimum Gasteiger partial charge on any atom is -0.381 e. The molecule has 2 saturated heterocycles. The number of likely N-dealkylation sites (tertiary alicyclic amines) is 1. The van der Waals surface area contributed by atoms with Gasteiger partial charge in [-0.15, -0.1) is 0 Å². The third kappa shape index (κ3) is 3.05. The van der Waals surface area contributed by atoms with E-state index in [2.05, 4.69) is 16.1 Å². The third-order valence-corrected chi connectivity index (χ3v) is 5.73. The van der Waals surface area contributed by atoms with E-state index in [0.29, 0.717) is 11.8 Å². The average Bonchev–Trinajstić information content (AvgIpc) is 3.05. The molecule has 0 bridgehead atoms. The maximum absolute atomic E-state index is 12.7. The Labute approximate surface area is 147 Å². The summed E-state index contributed by atoms with van der Waals surface area (Å²) in [6.07, 6.45) is 5.91. The van der Waals surface area contributed by atoms with Crippen LogP contribution in [0.1, 0.15) is 37.2 Å². The summed E-state index contributed by atoms with van der Waals surface area (Å²) in [5.74, 6) is 0.997. The van der Waals surface area contributed by atoms with Gasteiger partial charge in [-0.25, -0.2) is 0 Å². The number of carbonyl (C=O) groups excluding carboxylic acids is 1. The Kier molecular flexibility index (Phi) is 4.51. The fraction of sp³-hybridized carbons (Fsp3) is 0.526. The van der Waals surface area contributed by atoms with Gasteiger partial charge in [0, 0.05) is 54.3 Å². The van der Waals surface area contributed by atoms with Crippen molar-refractivity contribution in [2.45, 2.75) is 31.6 Å². The van der Waals surface area contributed by atoms with Crippen LogP contribution in [0.4, 0.5) is 0 Å². The normalized spacial score (nSPS) is 20.6. The number of rotatable bonds is 2. The molecule has 0 saturated carbocycles. The van der Waals surface area contributed by atoms with Crippen LogP contribution in [0.3, 0.4) is 0 Å². The Bertz CT molecular complexity index is 728. The molecule has 0 radical (unpaired) electrons. The van der Waals surface area contributed by atoms with Gasteiger partial charge in [-0.1, -0.05) is 11.6 Å². The molecule has 3 heterocycles. The number of nitrogens with one attached hydrogen (secondary N) is 1. The topological polar surface area (TPSA) is 45.3 Å². The number of aromatic nitrogens is 1. The van der Waals surface area contributed by atoms with E-state index in [1.807, 2.05) is 18.2 Å². The highest BCUT2D eigenvalue weighted by Crippen LogP contribution is 2.35. The predicted octanol–water partition coefficient (Wildman–Crippen LogP) is 3.95. The summed E-state index contributed by atoms with van der Waals surface area (Å²) in [5.41, 5.74) is 2.47. The molecule has 1 aromatic heterocycles. The maximum atomic E-state index is 12.7. The summed E-state index contributed by atoms with van der Waals surface area (Å²) in [6.45, 7) is 3.16. The summed E-state index contributed by atoms with van der Waals surface area (Å²) in [6, 6.07) is 5.99. The van der Waals surface area contributed by atoms with Crippen molar-refractivity contribution < 1.29 is 9.53 Å². The van der Waals surface area contributed by atoms with Crippen molar-refractivity contribution in [1.82, 2.24) is 9.88 Å². The molecule has 4 rings (SSSR count). The summed E-state index contributed by atoms with van der Waals surface area (Å²) in [4.78, 5) is 18.1. The molecule has 2 aliphatic heterocycles. The van der Waals surface area contributed by atoms with E-state index >= 15 is 0 Å². The van der Waals surface area contributed by atoms with Crippen LogP contribution in [-0.2, 0) is 9.53 Å². The summed E-state index contributed by atoms with van der Waals surface area (Å²) in [5, 5.41) is 1.99. The molecule has 0 spiro atoms. The molecule has 0 unspecified atom stereocenters. The molecule has 0 aliphatic carbocycles. The number of benzene rings is 1. The number of amides is 1. The van der Waals surface area contributed by atoms with Gasteiger partial charge in [0.25, 0.3) is 0 Å². The lowest BCUT2D eigenvalue weighted by Crippen LogP contribution is -2.42. The van der Waals surface area contributed by atoms with E-state index < -0.39 is 0 Å². The van der Waals surface area contributed by atoms with Gasteiger partial charge in [-0.3, -0.25) is 4.79 Å². The zero-order chi connectivity index (χ0) is 16.5. The number of ether oxygens (including phenoxy) is 1. The highest BCUT2D eigenvalue weighted by molar-refractivity contribution is 6.31. The highest BCUT2D eigenvalue weighted by atomic mass is 35.5. The van der Waals surface area contributed by atoms with Crippen LogP contribution in [0.25, 0.3) is 10.9 Å². The van der Waals surface area contributed by atoms with Crippen LogP contribution in [0.5, 0.6) is 0 Å². The zero-order valence-electron chi connectivity index (χ0n) is 13.8. The van der Waals surface area contributed by atoms with Gasteiger partial charge in [-0.05, 0) is 55.4 Å². The third-order valence-electron chi connectivity index (χ3n) is 5.49. The van der Waals surface area contributed by atoms with Crippen LogP contribution in [-0.4, -0.2) is 42.1 Å². The molecule has 2 fully saturated rings. The minimum atomic E-state index is 0.169. The maximum Gasteiger partial charge on any atom is 0.225 e. The first-order valence-electron chi connectivity index (χ1n) is 8.85. The quantitative estimate of drug-likeness (QED) is 0.894. The fourth-order valence-electron chi connectivity index (χ4n) is 4.07. The monoisotopic (exact) mass is 346 g/mol. The van der Waals surface area contributed by atoms with E-state index in [1.54, 1.807) is 0 Å². The second kappa shape index (κ2) is 6.77. The number of carbonyl (C=O) groups is 1. The van der Waals surface area contributed by atoms with Crippen molar-refractivity contribution in [2.24, 2.45) is 5.92 Å². The first kappa shape index (κ1) is 16.0. The van der Waals surface area contributed by atoms with Gasteiger partial charge in [0.1, 0.15) is 0 Å². The second-order valence-electron chi connectivity index (χ2n) is 6.92. The van der Waals surface area contributed by atoms with E-state index in [1.165, 1.54) is 10.9 Å². The molecule has 1 N–H and O–H groups in total. The highest BCUT2D eigenvalue weighted by Gasteiger charge is 2.30. The van der Waals surface area contributed by atoms with E-state index in [0.717, 1.165) is 62.5 Å². The van der Waals surface area contributed by atoms with Gasteiger partial charge in [0.15, 0.2) is 0 Å². The standard InChI is InChI=1S/C19H23ClN2O2/c20-15-1-2-18-16(11-15)17(12-21-18)13-3-7-22(8-4-13)19(23)14-5-9-24-10-6-14/h1-2,11-14,21H,3-10H2. The van der Waals surface area contributed by atoms with Crippen molar-refractivity contribution in [1.29, 1.82) is 0 Å². The van der Waals surface area contributed by atoms with E-state index in [4.69, 9.17) is 16.3 Å². The molecule has 2 aliphatic rings. The van der Waals surface area contributed by atoms with Crippen LogP contribution in [0.2, 0.25) is 5.02 Å². The molecule has 2 aromatic rings. The van der Waals surface area contributed by atoms with Gasteiger partial charge in [-0.2, -0.15) is 0 Å². The van der Waals surface area contributed by atoms with Crippen LogP contribution < -0.4 is 0 Å². The number of halogens is 1. The molecule has 4 nitrogen and oxygen atoms in total. The largest absolute Gasteiger partial charge is 0.381 e.